The van der Waals surface area contributed by atoms with E-state index >= 15 is 0 Å². The van der Waals surface area contributed by atoms with Crippen LogP contribution in [0.1, 0.15) is 41.0 Å². The molecule has 144 valence electrons. The summed E-state index contributed by atoms with van der Waals surface area (Å²) in [7, 11) is 0. The molecule has 0 aliphatic heterocycles. The molecule has 2 heterocycles. The number of pyridine rings is 1. The summed E-state index contributed by atoms with van der Waals surface area (Å²) in [4.78, 5) is 21.7. The van der Waals surface area contributed by atoms with Gasteiger partial charge in [0.05, 0.1) is 11.1 Å². The van der Waals surface area contributed by atoms with E-state index in [1.54, 1.807) is 13.0 Å². The molecule has 2 N–H and O–H groups in total. The molecule has 28 heavy (non-hydrogen) atoms. The van der Waals surface area contributed by atoms with E-state index in [0.29, 0.717) is 22.8 Å². The number of nitrogens with zero attached hydrogens (tertiary/aromatic N) is 3. The first kappa shape index (κ1) is 18.2. The Hall–Kier alpha value is -3.22. The molecule has 0 saturated heterocycles. The maximum atomic E-state index is 13.0. The maximum absolute atomic E-state index is 13.0. The monoisotopic (exact) mass is 377 g/mol. The minimum absolute atomic E-state index is 0.0353. The first-order chi connectivity index (χ1) is 13.6. The van der Waals surface area contributed by atoms with E-state index in [1.807, 2.05) is 43.5 Å². The van der Waals surface area contributed by atoms with E-state index in [-0.39, 0.29) is 18.0 Å². The van der Waals surface area contributed by atoms with Crippen molar-refractivity contribution < 1.29 is 9.32 Å². The first-order valence-electron chi connectivity index (χ1n) is 9.50. The highest BCUT2D eigenvalue weighted by Gasteiger charge is 2.30. The lowest BCUT2D eigenvalue weighted by Crippen LogP contribution is -2.43. The number of hydrogen-bond donors (Lipinski definition) is 2. The smallest absolute Gasteiger partial charge is 0.258 e. The lowest BCUT2D eigenvalue weighted by atomic mass is 10.1. The van der Waals surface area contributed by atoms with Crippen LogP contribution in [0, 0.1) is 13.8 Å². The Morgan fingerprint density at radius 3 is 2.68 bits per heavy atom. The van der Waals surface area contributed by atoms with Gasteiger partial charge in [0.15, 0.2) is 5.82 Å². The minimum Gasteiger partial charge on any atom is -0.365 e. The van der Waals surface area contributed by atoms with Gasteiger partial charge in [0.1, 0.15) is 5.82 Å². The number of hydrogen-bond acceptors (Lipinski definition) is 6. The fourth-order valence-electron chi connectivity index (χ4n) is 3.57. The summed E-state index contributed by atoms with van der Waals surface area (Å²) in [5, 5.41) is 10.5. The lowest BCUT2D eigenvalue weighted by Gasteiger charge is -2.23. The molecular weight excluding hydrogens is 354 g/mol. The Labute approximate surface area is 163 Å². The third-order valence-corrected chi connectivity index (χ3v) is 5.01. The summed E-state index contributed by atoms with van der Waals surface area (Å²) < 4.78 is 5.26. The Morgan fingerprint density at radius 1 is 1.11 bits per heavy atom. The van der Waals surface area contributed by atoms with Crippen molar-refractivity contribution in [2.45, 2.75) is 45.2 Å². The van der Waals surface area contributed by atoms with Crippen molar-refractivity contribution >= 4 is 11.7 Å². The van der Waals surface area contributed by atoms with Crippen molar-refractivity contribution in [1.82, 2.24) is 20.4 Å². The van der Waals surface area contributed by atoms with Crippen molar-refractivity contribution in [1.29, 1.82) is 0 Å². The zero-order chi connectivity index (χ0) is 19.5. The zero-order valence-electron chi connectivity index (χ0n) is 16.0. The van der Waals surface area contributed by atoms with E-state index in [4.69, 9.17) is 4.52 Å². The van der Waals surface area contributed by atoms with Gasteiger partial charge >= 0.3 is 0 Å². The second kappa shape index (κ2) is 7.80. The third kappa shape index (κ3) is 3.88. The highest BCUT2D eigenvalue weighted by atomic mass is 16.5. The summed E-state index contributed by atoms with van der Waals surface area (Å²) in [5.74, 6) is 1.59. The largest absolute Gasteiger partial charge is 0.365 e. The second-order valence-corrected chi connectivity index (χ2v) is 7.17. The molecule has 0 radical (unpaired) electrons. The molecule has 7 heteroatoms. The van der Waals surface area contributed by atoms with Gasteiger partial charge in [-0.3, -0.25) is 4.79 Å². The van der Waals surface area contributed by atoms with E-state index in [2.05, 4.69) is 25.8 Å². The van der Waals surface area contributed by atoms with Crippen molar-refractivity contribution in [3.63, 3.8) is 0 Å². The van der Waals surface area contributed by atoms with Crippen LogP contribution in [-0.4, -0.2) is 33.1 Å². The van der Waals surface area contributed by atoms with Gasteiger partial charge in [0.2, 0.25) is 0 Å². The Kier molecular flexibility index (Phi) is 5.06. The molecule has 7 nitrogen and oxygen atoms in total. The van der Waals surface area contributed by atoms with Gasteiger partial charge in [-0.1, -0.05) is 23.4 Å². The van der Waals surface area contributed by atoms with Crippen molar-refractivity contribution in [2.24, 2.45) is 0 Å². The molecular formula is C21H23N5O2. The molecule has 2 atom stereocenters. The highest BCUT2D eigenvalue weighted by molar-refractivity contribution is 6.00. The summed E-state index contributed by atoms with van der Waals surface area (Å²) in [5.41, 5.74) is 2.29. The predicted octanol–water partition coefficient (Wildman–Crippen LogP) is 3.51. The molecule has 1 fully saturated rings. The first-order valence-corrected chi connectivity index (χ1v) is 9.50. The molecule has 1 aromatic carbocycles. The standard InChI is InChI=1S/C21H23N5O2/c1-13-10-11-19(22-12-13)24-17-8-5-9-18(17)25-20(27)15-6-3-4-7-16(15)21-23-14(2)26-28-21/h3-4,6-7,10-12,17-18H,5,8-9H2,1-2H3,(H,22,24)(H,25,27)/t17-,18+/m0/s1. The van der Waals surface area contributed by atoms with Gasteiger partial charge in [-0.25, -0.2) is 4.98 Å². The number of carbonyl (C=O) groups is 1. The minimum atomic E-state index is -0.137. The molecule has 1 amide bonds. The van der Waals surface area contributed by atoms with Crippen LogP contribution in [0.3, 0.4) is 0 Å². The number of aromatic nitrogens is 3. The van der Waals surface area contributed by atoms with Gasteiger partial charge in [-0.2, -0.15) is 4.98 Å². The number of aryl methyl sites for hydroxylation is 2. The molecule has 0 unspecified atom stereocenters. The fourth-order valence-corrected chi connectivity index (χ4v) is 3.57. The summed E-state index contributed by atoms with van der Waals surface area (Å²) in [6, 6.07) is 11.5. The van der Waals surface area contributed by atoms with Gasteiger partial charge in [0.25, 0.3) is 11.8 Å². The number of rotatable bonds is 5. The molecule has 4 rings (SSSR count). The van der Waals surface area contributed by atoms with Gasteiger partial charge in [0, 0.05) is 18.3 Å². The summed E-state index contributed by atoms with van der Waals surface area (Å²) in [6.45, 7) is 3.77. The molecule has 1 aliphatic carbocycles. The third-order valence-electron chi connectivity index (χ3n) is 5.01. The Bertz CT molecular complexity index is 967. The van der Waals surface area contributed by atoms with E-state index in [1.165, 1.54) is 0 Å². The summed E-state index contributed by atoms with van der Waals surface area (Å²) in [6.07, 6.45) is 4.81. The number of nitrogens with one attached hydrogen (secondary N) is 2. The average Bonchev–Trinajstić information content (AvgIpc) is 3.32. The SMILES string of the molecule is Cc1ccc(N[C@H]2CCC[C@H]2NC(=O)c2ccccc2-c2nc(C)no2)nc1. The van der Waals surface area contributed by atoms with E-state index < -0.39 is 0 Å². The van der Waals surface area contributed by atoms with Crippen molar-refractivity contribution in [2.75, 3.05) is 5.32 Å². The lowest BCUT2D eigenvalue weighted by molar-refractivity contribution is 0.0936. The molecule has 3 aromatic rings. The molecule has 1 saturated carbocycles. The van der Waals surface area contributed by atoms with Crippen molar-refractivity contribution in [3.05, 3.63) is 59.5 Å². The quantitative estimate of drug-likeness (QED) is 0.707. The molecule has 2 aromatic heterocycles. The Morgan fingerprint density at radius 2 is 1.93 bits per heavy atom. The highest BCUT2D eigenvalue weighted by Crippen LogP contribution is 2.25. The van der Waals surface area contributed by atoms with Crippen LogP contribution in [0.5, 0.6) is 0 Å². The van der Waals surface area contributed by atoms with Crippen molar-refractivity contribution in [3.8, 4) is 11.5 Å². The van der Waals surface area contributed by atoms with Crippen LogP contribution in [0.2, 0.25) is 0 Å². The molecule has 0 spiro atoms. The number of carbonyl (C=O) groups excluding carboxylic acids is 1. The van der Waals surface area contributed by atoms with Gasteiger partial charge < -0.3 is 15.2 Å². The number of benzene rings is 1. The molecule has 0 bridgehead atoms. The number of amides is 1. The van der Waals surface area contributed by atoms with E-state index in [0.717, 1.165) is 30.6 Å². The normalized spacial score (nSPS) is 18.8. The predicted molar refractivity (Wildman–Crippen MR) is 106 cm³/mol. The van der Waals surface area contributed by atoms with Gasteiger partial charge in [-0.15, -0.1) is 0 Å². The van der Waals surface area contributed by atoms with Crippen LogP contribution in [0.4, 0.5) is 5.82 Å². The van der Waals surface area contributed by atoms with Crippen LogP contribution in [-0.2, 0) is 0 Å². The van der Waals surface area contributed by atoms with Crippen LogP contribution in [0.15, 0.2) is 47.1 Å². The zero-order valence-corrected chi connectivity index (χ0v) is 16.0. The topological polar surface area (TPSA) is 92.9 Å². The van der Waals surface area contributed by atoms with Crippen LogP contribution in [0.25, 0.3) is 11.5 Å². The van der Waals surface area contributed by atoms with Crippen LogP contribution < -0.4 is 10.6 Å². The van der Waals surface area contributed by atoms with Crippen LogP contribution >= 0.6 is 0 Å². The maximum Gasteiger partial charge on any atom is 0.258 e. The summed E-state index contributed by atoms with van der Waals surface area (Å²) >= 11 is 0. The fraction of sp³-hybridized carbons (Fsp3) is 0.333. The molecule has 1 aliphatic rings. The van der Waals surface area contributed by atoms with Gasteiger partial charge in [-0.05, 0) is 56.9 Å². The second-order valence-electron chi connectivity index (χ2n) is 7.17. The van der Waals surface area contributed by atoms with E-state index in [9.17, 15) is 4.79 Å². The Balaban J connectivity index is 1.49. The average molecular weight is 377 g/mol. The number of anilines is 1.